The minimum atomic E-state index is 0.521. The zero-order chi connectivity index (χ0) is 9.97. The molecule has 0 fully saturated rings. The van der Waals surface area contributed by atoms with Crippen LogP contribution in [0.3, 0.4) is 0 Å². The third-order valence-electron chi connectivity index (χ3n) is 2.26. The Morgan fingerprint density at radius 2 is 2.29 bits per heavy atom. The number of aliphatic imine (C=N–C) groups is 1. The molecule has 0 saturated heterocycles. The topological polar surface area (TPSA) is 28.5 Å². The highest BCUT2D eigenvalue weighted by Gasteiger charge is 2.12. The van der Waals surface area contributed by atoms with E-state index in [1.807, 2.05) is 13.1 Å². The third-order valence-corrected chi connectivity index (χ3v) is 2.48. The summed E-state index contributed by atoms with van der Waals surface area (Å²) in [6, 6.07) is 3.75. The van der Waals surface area contributed by atoms with Crippen molar-refractivity contribution in [3.05, 3.63) is 29.0 Å². The van der Waals surface area contributed by atoms with Gasteiger partial charge in [-0.25, -0.2) is 4.98 Å². The second-order valence-corrected chi connectivity index (χ2v) is 3.74. The van der Waals surface area contributed by atoms with Crippen molar-refractivity contribution in [2.45, 2.75) is 6.42 Å². The molecule has 1 aromatic rings. The van der Waals surface area contributed by atoms with Crippen LogP contribution in [0.1, 0.15) is 12.0 Å². The Morgan fingerprint density at radius 3 is 2.93 bits per heavy atom. The minimum absolute atomic E-state index is 0.521. The summed E-state index contributed by atoms with van der Waals surface area (Å²) in [5.41, 5.74) is 1.04. The van der Waals surface area contributed by atoms with Crippen LogP contribution in [0, 0.1) is 0 Å². The third kappa shape index (κ3) is 1.87. The number of hydrogen-bond donors (Lipinski definition) is 0. The fourth-order valence-corrected chi connectivity index (χ4v) is 1.65. The zero-order valence-corrected chi connectivity index (χ0v) is 8.83. The molecule has 2 rings (SSSR count). The minimum Gasteiger partial charge on any atom is -0.359 e. The molecule has 0 atom stereocenters. The lowest BCUT2D eigenvalue weighted by molar-refractivity contribution is 0.468. The quantitative estimate of drug-likeness (QED) is 0.661. The predicted molar refractivity (Wildman–Crippen MR) is 57.9 cm³/mol. The van der Waals surface area contributed by atoms with Gasteiger partial charge in [-0.15, -0.1) is 0 Å². The van der Waals surface area contributed by atoms with E-state index in [1.165, 1.54) is 0 Å². The summed E-state index contributed by atoms with van der Waals surface area (Å²) < 4.78 is 0. The second-order valence-electron chi connectivity index (χ2n) is 3.35. The van der Waals surface area contributed by atoms with Gasteiger partial charge in [0.15, 0.2) is 0 Å². The molecule has 1 aromatic heterocycles. The van der Waals surface area contributed by atoms with E-state index in [0.29, 0.717) is 5.15 Å². The van der Waals surface area contributed by atoms with E-state index in [4.69, 9.17) is 11.6 Å². The maximum absolute atomic E-state index is 5.72. The van der Waals surface area contributed by atoms with Gasteiger partial charge in [-0.05, 0) is 18.6 Å². The molecule has 0 bridgehead atoms. The van der Waals surface area contributed by atoms with Gasteiger partial charge in [0.25, 0.3) is 0 Å². The number of rotatable bonds is 1. The first kappa shape index (κ1) is 9.46. The lowest BCUT2D eigenvalue weighted by Crippen LogP contribution is -2.32. The van der Waals surface area contributed by atoms with E-state index in [1.54, 1.807) is 12.3 Å². The van der Waals surface area contributed by atoms with Crippen molar-refractivity contribution in [2.75, 3.05) is 20.1 Å². The van der Waals surface area contributed by atoms with Crippen molar-refractivity contribution >= 4 is 17.4 Å². The van der Waals surface area contributed by atoms with Crippen molar-refractivity contribution in [1.82, 2.24) is 9.88 Å². The van der Waals surface area contributed by atoms with Crippen molar-refractivity contribution in [3.63, 3.8) is 0 Å². The molecular weight excluding hydrogens is 198 g/mol. The lowest BCUT2D eigenvalue weighted by atomic mass is 10.2. The molecule has 0 N–H and O–H groups in total. The van der Waals surface area contributed by atoms with Crippen LogP contribution in [-0.2, 0) is 0 Å². The number of nitrogens with zero attached hydrogens (tertiary/aromatic N) is 3. The van der Waals surface area contributed by atoms with Crippen LogP contribution >= 0.6 is 11.6 Å². The molecule has 3 nitrogen and oxygen atoms in total. The average molecular weight is 210 g/mol. The first-order valence-electron chi connectivity index (χ1n) is 4.65. The molecule has 0 aromatic carbocycles. The van der Waals surface area contributed by atoms with Gasteiger partial charge in [0.05, 0.1) is 0 Å². The van der Waals surface area contributed by atoms with E-state index >= 15 is 0 Å². The van der Waals surface area contributed by atoms with Gasteiger partial charge >= 0.3 is 0 Å². The van der Waals surface area contributed by atoms with Crippen molar-refractivity contribution in [1.29, 1.82) is 0 Å². The molecule has 1 aliphatic rings. The van der Waals surface area contributed by atoms with Crippen LogP contribution in [0.5, 0.6) is 0 Å². The van der Waals surface area contributed by atoms with Gasteiger partial charge in [-0.1, -0.05) is 11.6 Å². The first-order valence-corrected chi connectivity index (χ1v) is 5.02. The van der Waals surface area contributed by atoms with Crippen LogP contribution in [0.4, 0.5) is 0 Å². The Hall–Kier alpha value is -1.09. The van der Waals surface area contributed by atoms with Crippen LogP contribution in [0.15, 0.2) is 23.3 Å². The molecule has 0 saturated carbocycles. The molecule has 14 heavy (non-hydrogen) atoms. The first-order chi connectivity index (χ1) is 6.77. The molecular formula is C10H12ClN3. The number of halogens is 1. The monoisotopic (exact) mass is 209 g/mol. The largest absolute Gasteiger partial charge is 0.359 e. The fourth-order valence-electron chi connectivity index (χ4n) is 1.54. The Kier molecular flexibility index (Phi) is 2.68. The normalized spacial score (nSPS) is 16.7. The van der Waals surface area contributed by atoms with Crippen molar-refractivity contribution in [3.8, 4) is 0 Å². The van der Waals surface area contributed by atoms with Gasteiger partial charge in [0, 0.05) is 31.9 Å². The number of pyridine rings is 1. The molecule has 2 heterocycles. The van der Waals surface area contributed by atoms with Gasteiger partial charge in [0.2, 0.25) is 0 Å². The maximum atomic E-state index is 5.72. The molecule has 0 aliphatic carbocycles. The Bertz CT molecular complexity index is 345. The van der Waals surface area contributed by atoms with Crippen LogP contribution in [0.25, 0.3) is 0 Å². The SMILES string of the molecule is CN1CCCN=C1c1ccc(Cl)nc1. The lowest BCUT2D eigenvalue weighted by Gasteiger charge is -2.24. The Labute approximate surface area is 88.4 Å². The number of amidine groups is 1. The van der Waals surface area contributed by atoms with Gasteiger partial charge in [-0.2, -0.15) is 0 Å². The predicted octanol–water partition coefficient (Wildman–Crippen LogP) is 1.82. The van der Waals surface area contributed by atoms with Crippen LogP contribution < -0.4 is 0 Å². The number of hydrogen-bond acceptors (Lipinski definition) is 3. The highest BCUT2D eigenvalue weighted by atomic mass is 35.5. The van der Waals surface area contributed by atoms with Crippen molar-refractivity contribution in [2.24, 2.45) is 4.99 Å². The molecule has 0 amide bonds. The Balaban J connectivity index is 2.29. The van der Waals surface area contributed by atoms with E-state index < -0.39 is 0 Å². The summed E-state index contributed by atoms with van der Waals surface area (Å²) in [6.45, 7) is 1.96. The molecule has 0 radical (unpaired) electrons. The highest BCUT2D eigenvalue weighted by Crippen LogP contribution is 2.11. The van der Waals surface area contributed by atoms with E-state index in [0.717, 1.165) is 30.9 Å². The van der Waals surface area contributed by atoms with E-state index in [2.05, 4.69) is 14.9 Å². The van der Waals surface area contributed by atoms with Crippen LogP contribution in [-0.4, -0.2) is 35.9 Å². The molecule has 74 valence electrons. The standard InChI is InChI=1S/C10H12ClN3/c1-14-6-2-5-12-10(14)8-3-4-9(11)13-7-8/h3-4,7H,2,5-6H2,1H3. The van der Waals surface area contributed by atoms with E-state index in [-0.39, 0.29) is 0 Å². The zero-order valence-electron chi connectivity index (χ0n) is 8.07. The smallest absolute Gasteiger partial charge is 0.132 e. The Morgan fingerprint density at radius 1 is 1.43 bits per heavy atom. The van der Waals surface area contributed by atoms with Gasteiger partial charge < -0.3 is 4.90 Å². The van der Waals surface area contributed by atoms with Gasteiger partial charge in [0.1, 0.15) is 11.0 Å². The summed E-state index contributed by atoms with van der Waals surface area (Å²) in [6.07, 6.45) is 2.89. The summed E-state index contributed by atoms with van der Waals surface area (Å²) in [4.78, 5) is 10.7. The molecule has 0 unspecified atom stereocenters. The van der Waals surface area contributed by atoms with Crippen LogP contribution in [0.2, 0.25) is 5.15 Å². The maximum Gasteiger partial charge on any atom is 0.132 e. The highest BCUT2D eigenvalue weighted by molar-refractivity contribution is 6.29. The van der Waals surface area contributed by atoms with Crippen molar-refractivity contribution < 1.29 is 0 Å². The molecule has 0 spiro atoms. The van der Waals surface area contributed by atoms with Gasteiger partial charge in [-0.3, -0.25) is 4.99 Å². The average Bonchev–Trinajstić information content (AvgIpc) is 2.20. The summed E-state index contributed by atoms with van der Waals surface area (Å²) in [5, 5.41) is 0.521. The molecule has 1 aliphatic heterocycles. The number of aromatic nitrogens is 1. The summed E-state index contributed by atoms with van der Waals surface area (Å²) in [5.74, 6) is 1.01. The fraction of sp³-hybridized carbons (Fsp3) is 0.400. The molecule has 4 heteroatoms. The van der Waals surface area contributed by atoms with E-state index in [9.17, 15) is 0 Å². The second kappa shape index (κ2) is 3.96. The summed E-state index contributed by atoms with van der Waals surface area (Å²) >= 11 is 5.72. The summed E-state index contributed by atoms with van der Waals surface area (Å²) in [7, 11) is 2.05.